The normalized spacial score (nSPS) is 11.5. The second-order valence-corrected chi connectivity index (χ2v) is 6.76. The fourth-order valence-electron chi connectivity index (χ4n) is 2.76. The predicted octanol–water partition coefficient (Wildman–Crippen LogP) is 4.59. The maximum absolute atomic E-state index is 9.16. The lowest BCUT2D eigenvalue weighted by Crippen LogP contribution is -2.26. The highest BCUT2D eigenvalue weighted by molar-refractivity contribution is 7.19. The standard InChI is InChI=1S/C20H22N2OS/c1-3-22(12-13-23)17-10-8-16(15(2)14-17)9-11-20-21-18-6-4-5-7-19(18)24-20/h4-11,14,23H,3,12-13H2,1-2H3/b11-9+. The Hall–Kier alpha value is -2.17. The Balaban J connectivity index is 1.81. The molecule has 0 aliphatic carbocycles. The van der Waals surface area contributed by atoms with E-state index in [0.717, 1.165) is 22.8 Å². The highest BCUT2D eigenvalue weighted by Gasteiger charge is 2.05. The molecule has 0 spiro atoms. The van der Waals surface area contributed by atoms with Crippen LogP contribution in [0.2, 0.25) is 0 Å². The molecule has 0 fully saturated rings. The monoisotopic (exact) mass is 338 g/mol. The molecule has 4 heteroatoms. The number of hydrogen-bond donors (Lipinski definition) is 1. The zero-order chi connectivity index (χ0) is 16.9. The van der Waals surface area contributed by atoms with E-state index in [4.69, 9.17) is 5.11 Å². The Kier molecular flexibility index (Phi) is 5.28. The van der Waals surface area contributed by atoms with Gasteiger partial charge in [-0.2, -0.15) is 0 Å². The number of fused-ring (bicyclic) bond motifs is 1. The van der Waals surface area contributed by atoms with Crippen molar-refractivity contribution in [3.05, 3.63) is 58.6 Å². The number of nitrogens with zero attached hydrogens (tertiary/aromatic N) is 2. The summed E-state index contributed by atoms with van der Waals surface area (Å²) in [6, 6.07) is 14.6. The van der Waals surface area contributed by atoms with Crippen LogP contribution in [0.15, 0.2) is 42.5 Å². The Morgan fingerprint density at radius 2 is 2.00 bits per heavy atom. The number of likely N-dealkylation sites (N-methyl/N-ethyl adjacent to an activating group) is 1. The second-order valence-electron chi connectivity index (χ2n) is 5.70. The number of thiazole rings is 1. The second kappa shape index (κ2) is 7.60. The van der Waals surface area contributed by atoms with Gasteiger partial charge in [0.15, 0.2) is 0 Å². The fourth-order valence-corrected chi connectivity index (χ4v) is 3.63. The zero-order valence-corrected chi connectivity index (χ0v) is 14.9. The van der Waals surface area contributed by atoms with Crippen LogP contribution in [-0.4, -0.2) is 29.8 Å². The number of aryl methyl sites for hydroxylation is 1. The van der Waals surface area contributed by atoms with Gasteiger partial charge in [0, 0.05) is 18.8 Å². The highest BCUT2D eigenvalue weighted by Crippen LogP contribution is 2.25. The smallest absolute Gasteiger partial charge is 0.117 e. The van der Waals surface area contributed by atoms with E-state index in [0.29, 0.717) is 6.54 Å². The molecule has 124 valence electrons. The molecule has 3 nitrogen and oxygen atoms in total. The summed E-state index contributed by atoms with van der Waals surface area (Å²) in [7, 11) is 0. The molecule has 0 saturated carbocycles. The average molecular weight is 338 g/mol. The van der Waals surface area contributed by atoms with E-state index in [-0.39, 0.29) is 6.61 Å². The van der Waals surface area contributed by atoms with Crippen molar-refractivity contribution in [3.63, 3.8) is 0 Å². The minimum atomic E-state index is 0.173. The van der Waals surface area contributed by atoms with Gasteiger partial charge in [-0.05, 0) is 55.3 Å². The highest BCUT2D eigenvalue weighted by atomic mass is 32.1. The number of rotatable bonds is 6. The van der Waals surface area contributed by atoms with Crippen molar-refractivity contribution in [1.29, 1.82) is 0 Å². The van der Waals surface area contributed by atoms with Gasteiger partial charge in [-0.25, -0.2) is 4.98 Å². The van der Waals surface area contributed by atoms with Crippen molar-refractivity contribution in [2.24, 2.45) is 0 Å². The lowest BCUT2D eigenvalue weighted by Gasteiger charge is -2.22. The quantitative estimate of drug-likeness (QED) is 0.714. The minimum absolute atomic E-state index is 0.173. The Bertz CT molecular complexity index is 821. The topological polar surface area (TPSA) is 36.4 Å². The van der Waals surface area contributed by atoms with Crippen molar-refractivity contribution in [2.45, 2.75) is 13.8 Å². The van der Waals surface area contributed by atoms with Crippen LogP contribution < -0.4 is 4.90 Å². The molecule has 3 aromatic rings. The van der Waals surface area contributed by atoms with Crippen LogP contribution in [-0.2, 0) is 0 Å². The van der Waals surface area contributed by atoms with Crippen molar-refractivity contribution in [3.8, 4) is 0 Å². The molecule has 0 saturated heterocycles. The third-order valence-electron chi connectivity index (χ3n) is 4.09. The van der Waals surface area contributed by atoms with E-state index < -0.39 is 0 Å². The van der Waals surface area contributed by atoms with Gasteiger partial charge >= 0.3 is 0 Å². The Morgan fingerprint density at radius 1 is 1.17 bits per heavy atom. The third kappa shape index (κ3) is 3.66. The molecule has 0 bridgehead atoms. The first kappa shape index (κ1) is 16.7. The molecule has 0 aliphatic rings. The molecule has 0 amide bonds. The lowest BCUT2D eigenvalue weighted by molar-refractivity contribution is 0.302. The lowest BCUT2D eigenvalue weighted by atomic mass is 10.1. The summed E-state index contributed by atoms with van der Waals surface area (Å²) in [6.45, 7) is 5.95. The van der Waals surface area contributed by atoms with Gasteiger partial charge in [0.25, 0.3) is 0 Å². The summed E-state index contributed by atoms with van der Waals surface area (Å²) < 4.78 is 1.21. The molecule has 0 unspecified atom stereocenters. The maximum atomic E-state index is 9.16. The molecule has 3 rings (SSSR count). The van der Waals surface area contributed by atoms with E-state index in [1.807, 2.05) is 18.2 Å². The van der Waals surface area contributed by atoms with Crippen LogP contribution >= 0.6 is 11.3 Å². The van der Waals surface area contributed by atoms with Gasteiger partial charge in [-0.3, -0.25) is 0 Å². The van der Waals surface area contributed by atoms with Crippen molar-refractivity contribution in [1.82, 2.24) is 4.98 Å². The number of benzene rings is 2. The first-order valence-electron chi connectivity index (χ1n) is 8.21. The van der Waals surface area contributed by atoms with Crippen LogP contribution in [0.4, 0.5) is 5.69 Å². The summed E-state index contributed by atoms with van der Waals surface area (Å²) in [5.74, 6) is 0. The van der Waals surface area contributed by atoms with Gasteiger partial charge < -0.3 is 10.0 Å². The molecule has 1 heterocycles. The molecule has 24 heavy (non-hydrogen) atoms. The molecule has 0 radical (unpaired) electrons. The molecule has 0 atom stereocenters. The molecule has 1 aromatic heterocycles. The van der Waals surface area contributed by atoms with Gasteiger partial charge in [0.2, 0.25) is 0 Å². The molecular formula is C20H22N2OS. The minimum Gasteiger partial charge on any atom is -0.395 e. The SMILES string of the molecule is CCN(CCO)c1ccc(/C=C/c2nc3ccccc3s2)c(C)c1. The molecule has 0 aliphatic heterocycles. The predicted molar refractivity (Wildman–Crippen MR) is 105 cm³/mol. The first-order chi connectivity index (χ1) is 11.7. The molecule has 1 N–H and O–H groups in total. The fraction of sp³-hybridized carbons (Fsp3) is 0.250. The number of para-hydroxylation sites is 1. The third-order valence-corrected chi connectivity index (χ3v) is 5.09. The van der Waals surface area contributed by atoms with Crippen LogP contribution in [0.25, 0.3) is 22.4 Å². The summed E-state index contributed by atoms with van der Waals surface area (Å²) in [5, 5.41) is 10.2. The number of aromatic nitrogens is 1. The van der Waals surface area contributed by atoms with E-state index >= 15 is 0 Å². The van der Waals surface area contributed by atoms with Gasteiger partial charge in [0.1, 0.15) is 5.01 Å². The van der Waals surface area contributed by atoms with Crippen LogP contribution in [0, 0.1) is 6.92 Å². The Labute approximate surface area is 146 Å². The van der Waals surface area contributed by atoms with Gasteiger partial charge in [-0.15, -0.1) is 11.3 Å². The summed E-state index contributed by atoms with van der Waals surface area (Å²) in [6.07, 6.45) is 4.21. The molecular weight excluding hydrogens is 316 g/mol. The van der Waals surface area contributed by atoms with E-state index in [1.165, 1.54) is 15.8 Å². The van der Waals surface area contributed by atoms with Crippen molar-refractivity contribution in [2.75, 3.05) is 24.6 Å². The summed E-state index contributed by atoms with van der Waals surface area (Å²) in [5.41, 5.74) is 4.62. The largest absolute Gasteiger partial charge is 0.395 e. The van der Waals surface area contributed by atoms with E-state index in [9.17, 15) is 0 Å². The van der Waals surface area contributed by atoms with Crippen LogP contribution in [0.1, 0.15) is 23.1 Å². The number of aliphatic hydroxyl groups excluding tert-OH is 1. The van der Waals surface area contributed by atoms with Crippen LogP contribution in [0.3, 0.4) is 0 Å². The van der Waals surface area contributed by atoms with Crippen LogP contribution in [0.5, 0.6) is 0 Å². The van der Waals surface area contributed by atoms with Crippen molar-refractivity contribution >= 4 is 39.4 Å². The summed E-state index contributed by atoms with van der Waals surface area (Å²) >= 11 is 1.71. The average Bonchev–Trinajstić information content (AvgIpc) is 3.01. The van der Waals surface area contributed by atoms with E-state index in [2.05, 4.69) is 60.1 Å². The Morgan fingerprint density at radius 3 is 2.71 bits per heavy atom. The first-order valence-corrected chi connectivity index (χ1v) is 9.03. The molecule has 2 aromatic carbocycles. The maximum Gasteiger partial charge on any atom is 0.117 e. The number of anilines is 1. The van der Waals surface area contributed by atoms with Gasteiger partial charge in [-0.1, -0.05) is 24.3 Å². The van der Waals surface area contributed by atoms with Gasteiger partial charge in [0.05, 0.1) is 16.8 Å². The zero-order valence-electron chi connectivity index (χ0n) is 14.1. The number of aliphatic hydroxyl groups is 1. The number of hydrogen-bond acceptors (Lipinski definition) is 4. The summed E-state index contributed by atoms with van der Waals surface area (Å²) in [4.78, 5) is 6.81. The van der Waals surface area contributed by atoms with Crippen molar-refractivity contribution < 1.29 is 5.11 Å². The van der Waals surface area contributed by atoms with E-state index in [1.54, 1.807) is 11.3 Å².